The summed E-state index contributed by atoms with van der Waals surface area (Å²) in [5, 5.41) is 46.1. The Balaban J connectivity index is 1.79. The highest BCUT2D eigenvalue weighted by atomic mass is 16.7. The summed E-state index contributed by atoms with van der Waals surface area (Å²) >= 11 is 0. The number of hydrogen-bond acceptors (Lipinski definition) is 7. The summed E-state index contributed by atoms with van der Waals surface area (Å²) in [5.41, 5.74) is 3.84. The number of ether oxygens (including phenoxy) is 2. The second kappa shape index (κ2) is 7.73. The number of aliphatic hydroxyl groups excluding tert-OH is 4. The monoisotopic (exact) mass is 364 g/mol. The lowest BCUT2D eigenvalue weighted by molar-refractivity contribution is -0.278. The molecule has 0 aliphatic carbocycles. The summed E-state index contributed by atoms with van der Waals surface area (Å²) in [4.78, 5) is 0. The summed E-state index contributed by atoms with van der Waals surface area (Å²) in [6.45, 7) is 3.36. The van der Waals surface area contributed by atoms with Crippen LogP contribution in [0.15, 0.2) is 24.3 Å². The van der Waals surface area contributed by atoms with Gasteiger partial charge in [-0.25, -0.2) is 0 Å². The van der Waals surface area contributed by atoms with Crippen LogP contribution in [0, 0.1) is 13.8 Å². The van der Waals surface area contributed by atoms with E-state index in [1.54, 1.807) is 0 Å². The SMILES string of the molecule is Cc1ccc(Cc2c(OC3O[C@H](CO)[C@@H](O)[C@H](O)[C@H]3O)n[nH]c2C)cc1. The number of hydrogen-bond donors (Lipinski definition) is 5. The molecule has 1 unspecified atom stereocenters. The third-order valence-electron chi connectivity index (χ3n) is 4.61. The minimum atomic E-state index is -1.49. The van der Waals surface area contributed by atoms with Crippen molar-refractivity contribution < 1.29 is 29.9 Å². The number of nitrogens with one attached hydrogen (secondary N) is 1. The van der Waals surface area contributed by atoms with Gasteiger partial charge >= 0.3 is 0 Å². The van der Waals surface area contributed by atoms with E-state index >= 15 is 0 Å². The van der Waals surface area contributed by atoms with Gasteiger partial charge in [-0.05, 0) is 19.4 Å². The molecule has 1 aliphatic rings. The van der Waals surface area contributed by atoms with E-state index in [2.05, 4.69) is 10.2 Å². The van der Waals surface area contributed by atoms with Crippen molar-refractivity contribution in [2.75, 3.05) is 6.61 Å². The van der Waals surface area contributed by atoms with Crippen LogP contribution in [0.4, 0.5) is 0 Å². The lowest BCUT2D eigenvalue weighted by atomic mass is 9.99. The topological polar surface area (TPSA) is 128 Å². The second-order valence-electron chi connectivity index (χ2n) is 6.61. The van der Waals surface area contributed by atoms with Gasteiger partial charge in [0.1, 0.15) is 24.4 Å². The van der Waals surface area contributed by atoms with Crippen molar-refractivity contribution in [3.63, 3.8) is 0 Å². The highest BCUT2D eigenvalue weighted by Gasteiger charge is 2.45. The Hall–Kier alpha value is -1.97. The van der Waals surface area contributed by atoms with Gasteiger partial charge in [0.2, 0.25) is 12.2 Å². The highest BCUT2D eigenvalue weighted by Crippen LogP contribution is 2.28. The van der Waals surface area contributed by atoms with E-state index in [9.17, 15) is 20.4 Å². The van der Waals surface area contributed by atoms with Crippen LogP contribution in [0.1, 0.15) is 22.4 Å². The van der Waals surface area contributed by atoms with Gasteiger partial charge in [0, 0.05) is 17.7 Å². The predicted molar refractivity (Wildman–Crippen MR) is 91.7 cm³/mol. The fourth-order valence-corrected chi connectivity index (χ4v) is 2.92. The van der Waals surface area contributed by atoms with Gasteiger partial charge in [0.15, 0.2) is 0 Å². The number of nitrogens with zero attached hydrogens (tertiary/aromatic N) is 1. The summed E-state index contributed by atoms with van der Waals surface area (Å²) in [6.07, 6.45) is -6.12. The van der Waals surface area contributed by atoms with Crippen LogP contribution >= 0.6 is 0 Å². The smallest absolute Gasteiger partial charge is 0.238 e. The van der Waals surface area contributed by atoms with Crippen LogP contribution in [0.5, 0.6) is 5.88 Å². The van der Waals surface area contributed by atoms with E-state index in [1.807, 2.05) is 38.1 Å². The second-order valence-corrected chi connectivity index (χ2v) is 6.61. The molecule has 8 heteroatoms. The Morgan fingerprint density at radius 3 is 2.42 bits per heavy atom. The zero-order chi connectivity index (χ0) is 18.8. The molecule has 1 aromatic carbocycles. The summed E-state index contributed by atoms with van der Waals surface area (Å²) < 4.78 is 11.0. The minimum Gasteiger partial charge on any atom is -0.443 e. The first kappa shape index (κ1) is 18.8. The molecule has 5 N–H and O–H groups in total. The zero-order valence-electron chi connectivity index (χ0n) is 14.7. The molecule has 0 bridgehead atoms. The predicted octanol–water partition coefficient (Wildman–Crippen LogP) is -0.204. The fraction of sp³-hybridized carbons (Fsp3) is 0.500. The average molecular weight is 364 g/mol. The molecule has 142 valence electrons. The van der Waals surface area contributed by atoms with E-state index < -0.39 is 37.3 Å². The molecule has 2 aromatic rings. The molecule has 8 nitrogen and oxygen atoms in total. The quantitative estimate of drug-likeness (QED) is 0.497. The molecular formula is C18H24N2O6. The number of benzene rings is 1. The molecule has 5 atom stereocenters. The van der Waals surface area contributed by atoms with Gasteiger partial charge in [0.25, 0.3) is 0 Å². The zero-order valence-corrected chi connectivity index (χ0v) is 14.7. The Labute approximate surface area is 151 Å². The number of aromatic nitrogens is 2. The van der Waals surface area contributed by atoms with Crippen LogP contribution in [-0.4, -0.2) is 67.9 Å². The van der Waals surface area contributed by atoms with Crippen molar-refractivity contribution in [1.82, 2.24) is 10.2 Å². The number of H-pyrrole nitrogens is 1. The normalized spacial score (nSPS) is 28.9. The van der Waals surface area contributed by atoms with E-state index in [-0.39, 0.29) is 5.88 Å². The van der Waals surface area contributed by atoms with Crippen LogP contribution < -0.4 is 4.74 Å². The number of rotatable bonds is 5. The lowest BCUT2D eigenvalue weighted by Crippen LogP contribution is -2.60. The third-order valence-corrected chi connectivity index (χ3v) is 4.61. The molecule has 1 aromatic heterocycles. The van der Waals surface area contributed by atoms with Crippen LogP contribution in [-0.2, 0) is 11.2 Å². The maximum absolute atomic E-state index is 10.1. The number of aliphatic hydroxyl groups is 4. The molecule has 1 aliphatic heterocycles. The summed E-state index contributed by atoms with van der Waals surface area (Å²) in [6, 6.07) is 8.06. The van der Waals surface area contributed by atoms with Crippen molar-refractivity contribution in [3.05, 3.63) is 46.6 Å². The molecule has 0 spiro atoms. The van der Waals surface area contributed by atoms with Gasteiger partial charge in [-0.1, -0.05) is 29.8 Å². The Bertz CT molecular complexity index is 730. The Morgan fingerprint density at radius 1 is 1.08 bits per heavy atom. The number of aromatic amines is 1. The van der Waals surface area contributed by atoms with Crippen LogP contribution in [0.3, 0.4) is 0 Å². The van der Waals surface area contributed by atoms with E-state index in [0.29, 0.717) is 6.42 Å². The van der Waals surface area contributed by atoms with Crippen molar-refractivity contribution in [2.45, 2.75) is 51.0 Å². The maximum Gasteiger partial charge on any atom is 0.238 e. The molecule has 2 heterocycles. The fourth-order valence-electron chi connectivity index (χ4n) is 2.92. The molecule has 0 amide bonds. The lowest BCUT2D eigenvalue weighted by Gasteiger charge is -2.39. The minimum absolute atomic E-state index is 0.243. The Kier molecular flexibility index (Phi) is 5.59. The van der Waals surface area contributed by atoms with Crippen LogP contribution in [0.2, 0.25) is 0 Å². The average Bonchev–Trinajstić information content (AvgIpc) is 2.97. The maximum atomic E-state index is 10.1. The van der Waals surface area contributed by atoms with Gasteiger partial charge in [-0.3, -0.25) is 5.10 Å². The van der Waals surface area contributed by atoms with Crippen molar-refractivity contribution in [1.29, 1.82) is 0 Å². The molecular weight excluding hydrogens is 340 g/mol. The molecule has 1 saturated heterocycles. The van der Waals surface area contributed by atoms with Gasteiger partial charge in [-0.15, -0.1) is 5.10 Å². The van der Waals surface area contributed by atoms with Crippen molar-refractivity contribution in [2.24, 2.45) is 0 Å². The van der Waals surface area contributed by atoms with Crippen molar-refractivity contribution >= 4 is 0 Å². The molecule has 0 saturated carbocycles. The largest absolute Gasteiger partial charge is 0.443 e. The molecule has 0 radical (unpaired) electrons. The van der Waals surface area contributed by atoms with Crippen LogP contribution in [0.25, 0.3) is 0 Å². The first-order valence-electron chi connectivity index (χ1n) is 8.47. The molecule has 3 rings (SSSR count). The van der Waals surface area contributed by atoms with Gasteiger partial charge < -0.3 is 29.9 Å². The standard InChI is InChI=1S/C18H24N2O6/c1-9-3-5-11(6-4-9)7-12-10(2)19-20-17(12)26-18-16(24)15(23)14(22)13(8-21)25-18/h3-6,13-16,18,21-24H,7-8H2,1-2H3,(H,19,20)/t13-,14-,15+,16-,18?/m1/s1. The summed E-state index contributed by atoms with van der Waals surface area (Å²) in [7, 11) is 0. The Morgan fingerprint density at radius 2 is 1.77 bits per heavy atom. The first-order valence-corrected chi connectivity index (χ1v) is 8.47. The van der Waals surface area contributed by atoms with E-state index in [4.69, 9.17) is 9.47 Å². The highest BCUT2D eigenvalue weighted by molar-refractivity contribution is 5.36. The first-order chi connectivity index (χ1) is 12.4. The molecule has 26 heavy (non-hydrogen) atoms. The molecule has 1 fully saturated rings. The van der Waals surface area contributed by atoms with E-state index in [1.165, 1.54) is 0 Å². The van der Waals surface area contributed by atoms with E-state index in [0.717, 1.165) is 22.4 Å². The van der Waals surface area contributed by atoms with Gasteiger partial charge in [0.05, 0.1) is 6.61 Å². The summed E-state index contributed by atoms with van der Waals surface area (Å²) in [5.74, 6) is 0.243. The number of aryl methyl sites for hydroxylation is 2. The third kappa shape index (κ3) is 3.74. The van der Waals surface area contributed by atoms with Gasteiger partial charge in [-0.2, -0.15) is 0 Å². The van der Waals surface area contributed by atoms with Crippen molar-refractivity contribution in [3.8, 4) is 5.88 Å².